The number of carboxylic acid groups (broad SMARTS) is 1. The minimum atomic E-state index is -0.655. The summed E-state index contributed by atoms with van der Waals surface area (Å²) >= 11 is 0. The van der Waals surface area contributed by atoms with E-state index in [0.29, 0.717) is 0 Å². The van der Waals surface area contributed by atoms with Crippen LogP contribution in [0.4, 0.5) is 0 Å². The lowest BCUT2D eigenvalue weighted by Gasteiger charge is -2.57. The zero-order chi connectivity index (χ0) is 17.3. The van der Waals surface area contributed by atoms with Crippen LogP contribution in [0.2, 0.25) is 0 Å². The normalized spacial score (nSPS) is 38.0. The first-order valence-corrected chi connectivity index (χ1v) is 8.63. The van der Waals surface area contributed by atoms with Crippen molar-refractivity contribution < 1.29 is 15.0 Å². The fraction of sp³-hybridized carbons (Fsp3) is 0.650. The monoisotopic (exact) mass is 318 g/mol. The highest BCUT2D eigenvalue weighted by atomic mass is 16.4. The number of fused-ring (bicyclic) bond motifs is 1. The highest BCUT2D eigenvalue weighted by Crippen LogP contribution is 2.61. The molecule has 0 aromatic carbocycles. The summed E-state index contributed by atoms with van der Waals surface area (Å²) in [6.07, 6.45) is 9.15. The standard InChI is InChI=1S/C20H30O3/c1-5-15(13-21)8-9-16-14(2)7-10-17-19(16,3)11-6-12-20(17,4)18(22)23/h5,8,16-17,21H,1-2,6-7,9-13H2,3-4H3,(H,22,23). The summed E-state index contributed by atoms with van der Waals surface area (Å²) in [5.41, 5.74) is 1.41. The predicted octanol–water partition coefficient (Wildman–Crippen LogP) is 4.34. The predicted molar refractivity (Wildman–Crippen MR) is 93.0 cm³/mol. The van der Waals surface area contributed by atoms with Crippen LogP contribution in [0.3, 0.4) is 0 Å². The molecule has 0 aromatic rings. The van der Waals surface area contributed by atoms with Crippen LogP contribution in [-0.4, -0.2) is 22.8 Å². The number of aliphatic hydroxyl groups is 1. The zero-order valence-electron chi connectivity index (χ0n) is 14.5. The van der Waals surface area contributed by atoms with E-state index in [1.54, 1.807) is 6.08 Å². The van der Waals surface area contributed by atoms with Gasteiger partial charge in [-0.05, 0) is 61.9 Å². The van der Waals surface area contributed by atoms with Crippen molar-refractivity contribution in [2.24, 2.45) is 22.7 Å². The first kappa shape index (κ1) is 18.0. The molecule has 0 aliphatic heterocycles. The number of carbonyl (C=O) groups is 1. The Hall–Kier alpha value is -1.35. The Morgan fingerprint density at radius 1 is 1.39 bits per heavy atom. The largest absolute Gasteiger partial charge is 0.481 e. The van der Waals surface area contributed by atoms with E-state index in [-0.39, 0.29) is 23.9 Å². The van der Waals surface area contributed by atoms with Crippen LogP contribution in [0.5, 0.6) is 0 Å². The molecule has 0 spiro atoms. The molecule has 3 nitrogen and oxygen atoms in total. The van der Waals surface area contributed by atoms with Crippen LogP contribution in [0, 0.1) is 22.7 Å². The van der Waals surface area contributed by atoms with Crippen molar-refractivity contribution in [1.29, 1.82) is 0 Å². The van der Waals surface area contributed by atoms with E-state index in [1.165, 1.54) is 5.57 Å². The van der Waals surface area contributed by atoms with Gasteiger partial charge >= 0.3 is 5.97 Å². The Kier molecular flexibility index (Phi) is 5.20. The number of hydrogen-bond acceptors (Lipinski definition) is 2. The maximum Gasteiger partial charge on any atom is 0.309 e. The zero-order valence-corrected chi connectivity index (χ0v) is 14.5. The van der Waals surface area contributed by atoms with Gasteiger partial charge in [0, 0.05) is 0 Å². The fourth-order valence-corrected chi connectivity index (χ4v) is 5.12. The van der Waals surface area contributed by atoms with Gasteiger partial charge in [-0.3, -0.25) is 4.79 Å². The quantitative estimate of drug-likeness (QED) is 0.585. The summed E-state index contributed by atoms with van der Waals surface area (Å²) in [7, 11) is 0. The molecule has 2 rings (SSSR count). The van der Waals surface area contributed by atoms with Crippen molar-refractivity contribution in [2.75, 3.05) is 6.61 Å². The summed E-state index contributed by atoms with van der Waals surface area (Å²) in [4.78, 5) is 11.9. The van der Waals surface area contributed by atoms with Gasteiger partial charge in [-0.15, -0.1) is 0 Å². The Morgan fingerprint density at radius 2 is 2.09 bits per heavy atom. The second-order valence-electron chi connectivity index (χ2n) is 7.76. The number of aliphatic hydroxyl groups excluding tert-OH is 1. The third kappa shape index (κ3) is 3.03. The Bertz CT molecular complexity index is 533. The molecular formula is C20H30O3. The minimum Gasteiger partial charge on any atom is -0.481 e. The highest BCUT2D eigenvalue weighted by molar-refractivity contribution is 5.75. The summed E-state index contributed by atoms with van der Waals surface area (Å²) < 4.78 is 0. The summed E-state index contributed by atoms with van der Waals surface area (Å²) in [5.74, 6) is -0.189. The lowest BCUT2D eigenvalue weighted by Crippen LogP contribution is -2.53. The molecule has 0 radical (unpaired) electrons. The van der Waals surface area contributed by atoms with E-state index in [4.69, 9.17) is 0 Å². The third-order valence-corrected chi connectivity index (χ3v) is 6.57. The molecule has 23 heavy (non-hydrogen) atoms. The number of allylic oxidation sites excluding steroid dienone is 2. The van der Waals surface area contributed by atoms with Crippen LogP contribution in [-0.2, 0) is 4.79 Å². The van der Waals surface area contributed by atoms with Gasteiger partial charge < -0.3 is 10.2 Å². The van der Waals surface area contributed by atoms with Gasteiger partial charge in [-0.2, -0.15) is 0 Å². The molecule has 0 aromatic heterocycles. The third-order valence-electron chi connectivity index (χ3n) is 6.57. The molecule has 2 aliphatic rings. The maximum atomic E-state index is 11.9. The van der Waals surface area contributed by atoms with Gasteiger partial charge in [-0.25, -0.2) is 0 Å². The highest BCUT2D eigenvalue weighted by Gasteiger charge is 2.57. The molecule has 2 fully saturated rings. The molecule has 4 unspecified atom stereocenters. The second kappa shape index (κ2) is 6.64. The van der Waals surface area contributed by atoms with E-state index in [2.05, 4.69) is 20.1 Å². The molecule has 0 heterocycles. The molecule has 0 saturated heterocycles. The first-order valence-electron chi connectivity index (χ1n) is 8.63. The topological polar surface area (TPSA) is 57.5 Å². The van der Waals surface area contributed by atoms with E-state index < -0.39 is 11.4 Å². The van der Waals surface area contributed by atoms with Crippen molar-refractivity contribution in [2.45, 2.75) is 52.4 Å². The maximum absolute atomic E-state index is 11.9. The average Bonchev–Trinajstić information content (AvgIpc) is 2.50. The number of aliphatic carboxylic acids is 1. The molecule has 2 saturated carbocycles. The van der Waals surface area contributed by atoms with Crippen LogP contribution in [0.1, 0.15) is 52.4 Å². The van der Waals surface area contributed by atoms with Gasteiger partial charge in [0.15, 0.2) is 0 Å². The van der Waals surface area contributed by atoms with Crippen LogP contribution >= 0.6 is 0 Å². The second-order valence-corrected chi connectivity index (χ2v) is 7.76. The summed E-state index contributed by atoms with van der Waals surface area (Å²) in [6, 6.07) is 0. The number of rotatable bonds is 5. The van der Waals surface area contributed by atoms with Crippen molar-refractivity contribution in [3.63, 3.8) is 0 Å². The van der Waals surface area contributed by atoms with Crippen molar-refractivity contribution in [1.82, 2.24) is 0 Å². The van der Waals surface area contributed by atoms with Crippen molar-refractivity contribution in [3.05, 3.63) is 36.5 Å². The summed E-state index contributed by atoms with van der Waals surface area (Å²) in [5, 5.41) is 19.2. The molecule has 3 heteroatoms. The lowest BCUT2D eigenvalue weighted by molar-refractivity contribution is -0.164. The Labute approximate surface area is 139 Å². The van der Waals surface area contributed by atoms with Crippen molar-refractivity contribution >= 4 is 5.97 Å². The Morgan fingerprint density at radius 3 is 2.65 bits per heavy atom. The molecule has 0 bridgehead atoms. The minimum absolute atomic E-state index is 0.00429. The van der Waals surface area contributed by atoms with Crippen LogP contribution < -0.4 is 0 Å². The lowest BCUT2D eigenvalue weighted by atomic mass is 9.46. The fourth-order valence-electron chi connectivity index (χ4n) is 5.12. The summed E-state index contributed by atoms with van der Waals surface area (Å²) in [6.45, 7) is 12.2. The van der Waals surface area contributed by atoms with E-state index in [9.17, 15) is 15.0 Å². The number of carboxylic acids is 1. The van der Waals surface area contributed by atoms with Crippen LogP contribution in [0.15, 0.2) is 36.5 Å². The molecule has 4 atom stereocenters. The van der Waals surface area contributed by atoms with Crippen LogP contribution in [0.25, 0.3) is 0 Å². The van der Waals surface area contributed by atoms with Gasteiger partial charge in [0.25, 0.3) is 0 Å². The van der Waals surface area contributed by atoms with E-state index in [0.717, 1.165) is 44.1 Å². The van der Waals surface area contributed by atoms with Gasteiger partial charge in [0.1, 0.15) is 0 Å². The van der Waals surface area contributed by atoms with Gasteiger partial charge in [0.05, 0.1) is 12.0 Å². The van der Waals surface area contributed by atoms with E-state index >= 15 is 0 Å². The average molecular weight is 318 g/mol. The molecule has 0 amide bonds. The van der Waals surface area contributed by atoms with E-state index in [1.807, 2.05) is 13.0 Å². The first-order chi connectivity index (χ1) is 10.8. The SMILES string of the molecule is C=CC(=CCC1C(=C)CCC2C(C)(C(=O)O)CCCC12C)CO. The molecular weight excluding hydrogens is 288 g/mol. The smallest absolute Gasteiger partial charge is 0.309 e. The molecule has 2 N–H and O–H groups in total. The molecule has 2 aliphatic carbocycles. The van der Waals surface area contributed by atoms with Gasteiger partial charge in [0.2, 0.25) is 0 Å². The number of hydrogen-bond donors (Lipinski definition) is 2. The Balaban J connectivity index is 2.35. The van der Waals surface area contributed by atoms with Crippen molar-refractivity contribution in [3.8, 4) is 0 Å². The molecule has 128 valence electrons. The van der Waals surface area contributed by atoms with Gasteiger partial charge in [-0.1, -0.05) is 44.2 Å².